The molecule has 0 aromatic heterocycles. The summed E-state index contributed by atoms with van der Waals surface area (Å²) >= 11 is 0. The SMILES string of the molecule is C=C(C)N1CCC(C)(c2ccccc2)CC1. The molecular formula is C15H21N. The summed E-state index contributed by atoms with van der Waals surface area (Å²) in [6.07, 6.45) is 2.45. The third kappa shape index (κ3) is 2.13. The van der Waals surface area contributed by atoms with E-state index in [0.717, 1.165) is 13.1 Å². The Morgan fingerprint density at radius 1 is 1.19 bits per heavy atom. The molecule has 1 fully saturated rings. The van der Waals surface area contributed by atoms with Gasteiger partial charge in [0.05, 0.1) is 0 Å². The van der Waals surface area contributed by atoms with Crippen LogP contribution in [0.1, 0.15) is 32.3 Å². The van der Waals surface area contributed by atoms with Gasteiger partial charge in [0.15, 0.2) is 0 Å². The lowest BCUT2D eigenvalue weighted by Crippen LogP contribution is -2.39. The number of hydrogen-bond donors (Lipinski definition) is 0. The number of rotatable bonds is 2. The Morgan fingerprint density at radius 3 is 2.25 bits per heavy atom. The molecule has 0 N–H and O–H groups in total. The van der Waals surface area contributed by atoms with Crippen molar-refractivity contribution >= 4 is 0 Å². The molecule has 0 amide bonds. The van der Waals surface area contributed by atoms with Gasteiger partial charge in [0.25, 0.3) is 0 Å². The van der Waals surface area contributed by atoms with E-state index in [-0.39, 0.29) is 0 Å². The number of allylic oxidation sites excluding steroid dienone is 1. The Morgan fingerprint density at radius 2 is 1.75 bits per heavy atom. The molecule has 1 heteroatoms. The largest absolute Gasteiger partial charge is 0.375 e. The predicted molar refractivity (Wildman–Crippen MR) is 69.4 cm³/mol. The molecule has 1 aliphatic rings. The second kappa shape index (κ2) is 4.32. The summed E-state index contributed by atoms with van der Waals surface area (Å²) in [6.45, 7) is 10.8. The number of nitrogens with zero attached hydrogens (tertiary/aromatic N) is 1. The summed E-state index contributed by atoms with van der Waals surface area (Å²) in [6, 6.07) is 10.9. The van der Waals surface area contributed by atoms with Crippen LogP contribution in [0.3, 0.4) is 0 Å². The van der Waals surface area contributed by atoms with Crippen LogP contribution >= 0.6 is 0 Å². The van der Waals surface area contributed by atoms with E-state index < -0.39 is 0 Å². The molecule has 1 saturated heterocycles. The summed E-state index contributed by atoms with van der Waals surface area (Å²) < 4.78 is 0. The van der Waals surface area contributed by atoms with Crippen LogP contribution in [0, 0.1) is 0 Å². The highest BCUT2D eigenvalue weighted by molar-refractivity contribution is 5.25. The molecule has 0 radical (unpaired) electrons. The van der Waals surface area contributed by atoms with Gasteiger partial charge < -0.3 is 4.90 Å². The molecule has 0 unspecified atom stereocenters. The molecule has 1 aliphatic heterocycles. The topological polar surface area (TPSA) is 3.24 Å². The summed E-state index contributed by atoms with van der Waals surface area (Å²) in [5.41, 5.74) is 3.04. The molecule has 0 bridgehead atoms. The molecule has 0 aliphatic carbocycles. The van der Waals surface area contributed by atoms with E-state index in [1.165, 1.54) is 24.1 Å². The molecule has 2 rings (SSSR count). The summed E-state index contributed by atoms with van der Waals surface area (Å²) in [5, 5.41) is 0. The number of piperidine rings is 1. The zero-order valence-electron chi connectivity index (χ0n) is 10.4. The number of likely N-dealkylation sites (tertiary alicyclic amines) is 1. The Labute approximate surface area is 98.8 Å². The first-order valence-corrected chi connectivity index (χ1v) is 6.08. The average molecular weight is 215 g/mol. The van der Waals surface area contributed by atoms with Gasteiger partial charge in [-0.3, -0.25) is 0 Å². The Balaban J connectivity index is 2.10. The normalized spacial score (nSPS) is 19.5. The minimum absolute atomic E-state index is 0.354. The quantitative estimate of drug-likeness (QED) is 0.729. The first-order valence-electron chi connectivity index (χ1n) is 6.08. The Bertz CT molecular complexity index is 358. The minimum atomic E-state index is 0.354. The first kappa shape index (κ1) is 11.3. The first-order chi connectivity index (χ1) is 7.62. The zero-order chi connectivity index (χ0) is 11.6. The van der Waals surface area contributed by atoms with Crippen molar-refractivity contribution in [3.05, 3.63) is 48.2 Å². The number of benzene rings is 1. The van der Waals surface area contributed by atoms with Gasteiger partial charge in [0.1, 0.15) is 0 Å². The lowest BCUT2D eigenvalue weighted by Gasteiger charge is -2.41. The molecule has 1 aromatic carbocycles. The molecule has 0 spiro atoms. The van der Waals surface area contributed by atoms with Gasteiger partial charge in [0.2, 0.25) is 0 Å². The van der Waals surface area contributed by atoms with Crippen molar-refractivity contribution in [2.24, 2.45) is 0 Å². The van der Waals surface area contributed by atoms with Crippen molar-refractivity contribution < 1.29 is 0 Å². The van der Waals surface area contributed by atoms with Gasteiger partial charge in [-0.05, 0) is 30.7 Å². The highest BCUT2D eigenvalue weighted by Crippen LogP contribution is 2.35. The third-order valence-electron chi connectivity index (χ3n) is 3.88. The maximum Gasteiger partial charge on any atom is 0.0183 e. The zero-order valence-corrected chi connectivity index (χ0v) is 10.4. The smallest absolute Gasteiger partial charge is 0.0183 e. The van der Waals surface area contributed by atoms with Crippen molar-refractivity contribution in [2.75, 3.05) is 13.1 Å². The standard InChI is InChI=1S/C15H21N/c1-13(2)16-11-9-15(3,10-12-16)14-7-5-4-6-8-14/h4-8H,1,9-12H2,2-3H3. The molecule has 0 atom stereocenters. The molecule has 1 aromatic rings. The Hall–Kier alpha value is -1.24. The van der Waals surface area contributed by atoms with Crippen molar-refractivity contribution in [1.29, 1.82) is 0 Å². The molecule has 86 valence electrons. The van der Waals surface area contributed by atoms with Gasteiger partial charge in [-0.25, -0.2) is 0 Å². The summed E-state index contributed by atoms with van der Waals surface area (Å²) in [5.74, 6) is 0. The van der Waals surface area contributed by atoms with E-state index in [1.807, 2.05) is 0 Å². The van der Waals surface area contributed by atoms with Crippen molar-refractivity contribution in [2.45, 2.75) is 32.1 Å². The van der Waals surface area contributed by atoms with Crippen LogP contribution in [-0.2, 0) is 5.41 Å². The fourth-order valence-electron chi connectivity index (χ4n) is 2.51. The fourth-order valence-corrected chi connectivity index (χ4v) is 2.51. The lowest BCUT2D eigenvalue weighted by molar-refractivity contribution is 0.207. The maximum absolute atomic E-state index is 4.03. The van der Waals surface area contributed by atoms with Gasteiger partial charge in [-0.15, -0.1) is 0 Å². The van der Waals surface area contributed by atoms with Crippen LogP contribution in [0.2, 0.25) is 0 Å². The van der Waals surface area contributed by atoms with Crippen molar-refractivity contribution in [3.8, 4) is 0 Å². The Kier molecular flexibility index (Phi) is 3.04. The molecular weight excluding hydrogens is 194 g/mol. The summed E-state index contributed by atoms with van der Waals surface area (Å²) in [7, 11) is 0. The van der Waals surface area contributed by atoms with E-state index in [4.69, 9.17) is 0 Å². The van der Waals surface area contributed by atoms with Crippen LogP contribution < -0.4 is 0 Å². The summed E-state index contributed by atoms with van der Waals surface area (Å²) in [4.78, 5) is 2.39. The lowest BCUT2D eigenvalue weighted by atomic mass is 9.74. The highest BCUT2D eigenvalue weighted by Gasteiger charge is 2.31. The van der Waals surface area contributed by atoms with Gasteiger partial charge >= 0.3 is 0 Å². The maximum atomic E-state index is 4.03. The van der Waals surface area contributed by atoms with E-state index in [0.29, 0.717) is 5.41 Å². The van der Waals surface area contributed by atoms with Gasteiger partial charge in [0, 0.05) is 18.8 Å². The van der Waals surface area contributed by atoms with Crippen LogP contribution in [0.4, 0.5) is 0 Å². The molecule has 0 saturated carbocycles. The van der Waals surface area contributed by atoms with E-state index >= 15 is 0 Å². The minimum Gasteiger partial charge on any atom is -0.375 e. The predicted octanol–water partition coefficient (Wildman–Crippen LogP) is 3.57. The van der Waals surface area contributed by atoms with Crippen molar-refractivity contribution in [3.63, 3.8) is 0 Å². The van der Waals surface area contributed by atoms with Crippen molar-refractivity contribution in [1.82, 2.24) is 4.90 Å². The third-order valence-corrected chi connectivity index (χ3v) is 3.88. The monoisotopic (exact) mass is 215 g/mol. The van der Waals surface area contributed by atoms with Gasteiger partial charge in [-0.1, -0.05) is 43.8 Å². The van der Waals surface area contributed by atoms with Crippen LogP contribution in [-0.4, -0.2) is 18.0 Å². The van der Waals surface area contributed by atoms with Crippen LogP contribution in [0.15, 0.2) is 42.6 Å². The average Bonchev–Trinajstić information content (AvgIpc) is 2.31. The van der Waals surface area contributed by atoms with E-state index in [9.17, 15) is 0 Å². The molecule has 1 heterocycles. The van der Waals surface area contributed by atoms with Gasteiger partial charge in [-0.2, -0.15) is 0 Å². The van der Waals surface area contributed by atoms with Crippen LogP contribution in [0.5, 0.6) is 0 Å². The second-order valence-corrected chi connectivity index (χ2v) is 5.15. The number of hydrogen-bond acceptors (Lipinski definition) is 1. The highest BCUT2D eigenvalue weighted by atomic mass is 15.1. The van der Waals surface area contributed by atoms with E-state index in [1.54, 1.807) is 0 Å². The fraction of sp³-hybridized carbons (Fsp3) is 0.467. The molecule has 16 heavy (non-hydrogen) atoms. The van der Waals surface area contributed by atoms with E-state index in [2.05, 4.69) is 55.7 Å². The van der Waals surface area contributed by atoms with Crippen LogP contribution in [0.25, 0.3) is 0 Å². The second-order valence-electron chi connectivity index (χ2n) is 5.15. The molecule has 1 nitrogen and oxygen atoms in total.